The quantitative estimate of drug-likeness (QED) is 0.809. The molecule has 0 radical (unpaired) electrons. The molecule has 20 heavy (non-hydrogen) atoms. The largest absolute Gasteiger partial charge is 0.338 e. The molecule has 0 aliphatic carbocycles. The van der Waals surface area contributed by atoms with Gasteiger partial charge in [0.2, 0.25) is 5.91 Å². The first kappa shape index (κ1) is 14.0. The number of benzene rings is 1. The summed E-state index contributed by atoms with van der Waals surface area (Å²) in [6.45, 7) is 1.60. The predicted octanol–water partition coefficient (Wildman–Crippen LogP) is 1.02. The van der Waals surface area contributed by atoms with Crippen molar-refractivity contribution in [3.63, 3.8) is 0 Å². The summed E-state index contributed by atoms with van der Waals surface area (Å²) in [6.07, 6.45) is -0.141. The van der Waals surface area contributed by atoms with Gasteiger partial charge in [-0.25, -0.2) is 4.39 Å². The highest BCUT2D eigenvalue weighted by Crippen LogP contribution is 2.11. The van der Waals surface area contributed by atoms with Gasteiger partial charge < -0.3 is 9.80 Å². The number of amides is 2. The summed E-state index contributed by atoms with van der Waals surface area (Å²) in [6, 6.07) is 7.37. The van der Waals surface area contributed by atoms with Crippen LogP contribution in [0.1, 0.15) is 16.8 Å². The average molecular weight is 275 g/mol. The highest BCUT2D eigenvalue weighted by atomic mass is 19.1. The molecule has 1 aromatic carbocycles. The molecule has 0 atom stereocenters. The van der Waals surface area contributed by atoms with Crippen LogP contribution in [0.2, 0.25) is 0 Å². The Bertz CT molecular complexity index is 560. The molecule has 1 aliphatic rings. The van der Waals surface area contributed by atoms with Crippen molar-refractivity contribution in [2.45, 2.75) is 6.42 Å². The summed E-state index contributed by atoms with van der Waals surface area (Å²) < 4.78 is 13.1. The fourth-order valence-electron chi connectivity index (χ4n) is 2.14. The summed E-state index contributed by atoms with van der Waals surface area (Å²) >= 11 is 0. The van der Waals surface area contributed by atoms with E-state index >= 15 is 0 Å². The van der Waals surface area contributed by atoms with Crippen molar-refractivity contribution >= 4 is 11.8 Å². The smallest absolute Gasteiger partial charge is 0.254 e. The summed E-state index contributed by atoms with van der Waals surface area (Å²) in [7, 11) is 0. The molecular weight excluding hydrogens is 261 g/mol. The van der Waals surface area contributed by atoms with Crippen LogP contribution in [0.15, 0.2) is 24.3 Å². The molecule has 1 fully saturated rings. The van der Waals surface area contributed by atoms with E-state index in [1.807, 2.05) is 6.07 Å². The Balaban J connectivity index is 1.96. The number of rotatable bonds is 2. The molecule has 0 unspecified atom stereocenters. The zero-order valence-electron chi connectivity index (χ0n) is 10.9. The number of hydrogen-bond donors (Lipinski definition) is 0. The first-order valence-electron chi connectivity index (χ1n) is 6.31. The lowest BCUT2D eigenvalue weighted by Crippen LogP contribution is -2.50. The Hall–Kier alpha value is -2.42. The Morgan fingerprint density at radius 2 is 1.85 bits per heavy atom. The van der Waals surface area contributed by atoms with Gasteiger partial charge in [-0.15, -0.1) is 0 Å². The molecular formula is C14H14FN3O2. The van der Waals surface area contributed by atoms with Crippen molar-refractivity contribution in [1.29, 1.82) is 5.26 Å². The summed E-state index contributed by atoms with van der Waals surface area (Å²) in [4.78, 5) is 26.9. The molecule has 1 heterocycles. The van der Waals surface area contributed by atoms with E-state index in [2.05, 4.69) is 0 Å². The third-order valence-electron chi connectivity index (χ3n) is 3.22. The number of carbonyl (C=O) groups is 2. The van der Waals surface area contributed by atoms with Crippen LogP contribution < -0.4 is 0 Å². The van der Waals surface area contributed by atoms with Crippen molar-refractivity contribution < 1.29 is 14.0 Å². The van der Waals surface area contributed by atoms with Crippen LogP contribution in [0.5, 0.6) is 0 Å². The Kier molecular flexibility index (Phi) is 4.31. The second-order valence-electron chi connectivity index (χ2n) is 4.52. The maximum Gasteiger partial charge on any atom is 0.254 e. The van der Waals surface area contributed by atoms with E-state index in [1.165, 1.54) is 18.2 Å². The van der Waals surface area contributed by atoms with Gasteiger partial charge in [-0.2, -0.15) is 5.26 Å². The number of nitriles is 1. The van der Waals surface area contributed by atoms with Crippen LogP contribution in [0.25, 0.3) is 0 Å². The van der Waals surface area contributed by atoms with Gasteiger partial charge in [0.15, 0.2) is 0 Å². The van der Waals surface area contributed by atoms with Crippen LogP contribution >= 0.6 is 0 Å². The van der Waals surface area contributed by atoms with Gasteiger partial charge in [0.25, 0.3) is 5.91 Å². The molecule has 0 bridgehead atoms. The number of piperazine rings is 1. The molecule has 0 N–H and O–H groups in total. The Labute approximate surface area is 116 Å². The minimum atomic E-state index is -0.446. The monoisotopic (exact) mass is 275 g/mol. The third-order valence-corrected chi connectivity index (χ3v) is 3.22. The average Bonchev–Trinajstić information content (AvgIpc) is 2.47. The normalized spacial score (nSPS) is 14.8. The standard InChI is InChI=1S/C14H14FN3O2/c15-12-3-1-2-11(10-12)14(20)18-8-6-17(7-9-18)13(19)4-5-16/h1-3,10H,4,6-9H2. The van der Waals surface area contributed by atoms with Crippen molar-refractivity contribution in [2.75, 3.05) is 26.2 Å². The highest BCUT2D eigenvalue weighted by molar-refractivity contribution is 5.94. The van der Waals surface area contributed by atoms with E-state index in [1.54, 1.807) is 15.9 Å². The molecule has 2 amide bonds. The van der Waals surface area contributed by atoms with Gasteiger partial charge in [0.1, 0.15) is 12.2 Å². The van der Waals surface area contributed by atoms with E-state index in [0.717, 1.165) is 0 Å². The number of halogens is 1. The maximum absolute atomic E-state index is 13.1. The van der Waals surface area contributed by atoms with Crippen molar-refractivity contribution in [2.24, 2.45) is 0 Å². The number of hydrogen-bond acceptors (Lipinski definition) is 3. The second-order valence-corrected chi connectivity index (χ2v) is 4.52. The van der Waals surface area contributed by atoms with Crippen molar-refractivity contribution in [1.82, 2.24) is 9.80 Å². The summed E-state index contributed by atoms with van der Waals surface area (Å²) in [5, 5.41) is 8.48. The maximum atomic E-state index is 13.1. The third kappa shape index (κ3) is 3.12. The first-order chi connectivity index (χ1) is 9.61. The van der Waals surface area contributed by atoms with E-state index in [4.69, 9.17) is 5.26 Å². The predicted molar refractivity (Wildman–Crippen MR) is 69.1 cm³/mol. The molecule has 5 nitrogen and oxygen atoms in total. The fourth-order valence-corrected chi connectivity index (χ4v) is 2.14. The van der Waals surface area contributed by atoms with Gasteiger partial charge in [0, 0.05) is 31.7 Å². The Morgan fingerprint density at radius 1 is 1.20 bits per heavy atom. The molecule has 2 rings (SSSR count). The molecule has 6 heteroatoms. The lowest BCUT2D eigenvalue weighted by molar-refractivity contribution is -0.131. The second kappa shape index (κ2) is 6.15. The minimum Gasteiger partial charge on any atom is -0.338 e. The van der Waals surface area contributed by atoms with Crippen LogP contribution in [0.3, 0.4) is 0 Å². The molecule has 1 aliphatic heterocycles. The van der Waals surface area contributed by atoms with Gasteiger partial charge in [0.05, 0.1) is 6.07 Å². The molecule has 0 spiro atoms. The van der Waals surface area contributed by atoms with E-state index < -0.39 is 5.82 Å². The van der Waals surface area contributed by atoms with Gasteiger partial charge in [-0.1, -0.05) is 6.07 Å². The SMILES string of the molecule is N#CCC(=O)N1CCN(C(=O)c2cccc(F)c2)CC1. The van der Waals surface area contributed by atoms with E-state index in [0.29, 0.717) is 31.7 Å². The molecule has 0 saturated carbocycles. The molecule has 104 valence electrons. The fraction of sp³-hybridized carbons (Fsp3) is 0.357. The van der Waals surface area contributed by atoms with Gasteiger partial charge in [-0.05, 0) is 18.2 Å². The zero-order valence-corrected chi connectivity index (χ0v) is 10.9. The van der Waals surface area contributed by atoms with Gasteiger partial charge >= 0.3 is 0 Å². The van der Waals surface area contributed by atoms with Crippen LogP contribution in [-0.2, 0) is 4.79 Å². The van der Waals surface area contributed by atoms with Crippen LogP contribution in [0.4, 0.5) is 4.39 Å². The van der Waals surface area contributed by atoms with Crippen LogP contribution in [-0.4, -0.2) is 47.8 Å². The van der Waals surface area contributed by atoms with E-state index in [9.17, 15) is 14.0 Å². The summed E-state index contributed by atoms with van der Waals surface area (Å²) in [5.74, 6) is -0.902. The molecule has 0 aromatic heterocycles. The molecule has 1 aromatic rings. The van der Waals surface area contributed by atoms with E-state index in [-0.39, 0.29) is 18.2 Å². The van der Waals surface area contributed by atoms with Crippen molar-refractivity contribution in [3.05, 3.63) is 35.6 Å². The Morgan fingerprint density at radius 3 is 2.45 bits per heavy atom. The number of nitrogens with zero attached hydrogens (tertiary/aromatic N) is 3. The molecule has 1 saturated heterocycles. The van der Waals surface area contributed by atoms with Gasteiger partial charge in [-0.3, -0.25) is 9.59 Å². The lowest BCUT2D eigenvalue weighted by atomic mass is 10.1. The summed E-state index contributed by atoms with van der Waals surface area (Å²) in [5.41, 5.74) is 0.307. The van der Waals surface area contributed by atoms with Crippen molar-refractivity contribution in [3.8, 4) is 6.07 Å². The lowest BCUT2D eigenvalue weighted by Gasteiger charge is -2.34. The van der Waals surface area contributed by atoms with Crippen LogP contribution in [0, 0.1) is 17.1 Å². The first-order valence-corrected chi connectivity index (χ1v) is 6.31. The highest BCUT2D eigenvalue weighted by Gasteiger charge is 2.24. The minimum absolute atomic E-state index is 0.141. The number of carbonyl (C=O) groups excluding carboxylic acids is 2. The zero-order chi connectivity index (χ0) is 14.5. The topological polar surface area (TPSA) is 64.4 Å².